The molecule has 1 saturated carbocycles. The number of nitrogens with zero attached hydrogens (tertiary/aromatic N) is 3. The molecule has 3 heterocycles. The Labute approximate surface area is 147 Å². The van der Waals surface area contributed by atoms with Crippen molar-refractivity contribution in [2.24, 2.45) is 0 Å². The van der Waals surface area contributed by atoms with Gasteiger partial charge in [0.05, 0.1) is 17.8 Å². The van der Waals surface area contributed by atoms with Gasteiger partial charge in [0.15, 0.2) is 0 Å². The third-order valence-electron chi connectivity index (χ3n) is 5.82. The van der Waals surface area contributed by atoms with Crippen molar-refractivity contribution in [1.29, 1.82) is 0 Å². The van der Waals surface area contributed by atoms with Crippen molar-refractivity contribution < 1.29 is 5.11 Å². The molecule has 1 aromatic rings. The summed E-state index contributed by atoms with van der Waals surface area (Å²) in [5.41, 5.74) is 1.75. The first kappa shape index (κ1) is 16.6. The van der Waals surface area contributed by atoms with Gasteiger partial charge in [0.2, 0.25) is 0 Å². The van der Waals surface area contributed by atoms with E-state index in [4.69, 9.17) is 0 Å². The average Bonchev–Trinajstić information content (AvgIpc) is 3.18. The Morgan fingerprint density at radius 1 is 1.33 bits per heavy atom. The molecule has 0 aromatic carbocycles. The summed E-state index contributed by atoms with van der Waals surface area (Å²) in [4.78, 5) is 14.8. The highest BCUT2D eigenvalue weighted by atomic mass is 32.2. The standard InChI is InChI=1S/C18H27N3O2S/c22-17-10-14-12-24-9-5-16(14)19-21(17)11-15-4-3-8-20(15)13-18(23)6-1-2-7-18/h10,15,23H,1-9,11-13H2. The van der Waals surface area contributed by atoms with Gasteiger partial charge in [0.1, 0.15) is 0 Å². The van der Waals surface area contributed by atoms with Gasteiger partial charge in [-0.05, 0) is 43.5 Å². The lowest BCUT2D eigenvalue weighted by atomic mass is 10.0. The molecule has 1 aromatic heterocycles. The van der Waals surface area contributed by atoms with Crippen LogP contribution < -0.4 is 5.56 Å². The smallest absolute Gasteiger partial charge is 0.267 e. The molecule has 3 aliphatic rings. The minimum atomic E-state index is -0.506. The van der Waals surface area contributed by atoms with E-state index >= 15 is 0 Å². The van der Waals surface area contributed by atoms with Crippen molar-refractivity contribution in [1.82, 2.24) is 14.7 Å². The molecule has 1 aliphatic carbocycles. The van der Waals surface area contributed by atoms with E-state index in [-0.39, 0.29) is 5.56 Å². The second kappa shape index (κ2) is 6.81. The van der Waals surface area contributed by atoms with Crippen LogP contribution in [-0.2, 0) is 18.7 Å². The summed E-state index contributed by atoms with van der Waals surface area (Å²) < 4.78 is 1.68. The lowest BCUT2D eigenvalue weighted by Crippen LogP contribution is -2.45. The molecule has 1 N–H and O–H groups in total. The van der Waals surface area contributed by atoms with Crippen LogP contribution in [0.15, 0.2) is 10.9 Å². The van der Waals surface area contributed by atoms with Crippen molar-refractivity contribution >= 4 is 11.8 Å². The summed E-state index contributed by atoms with van der Waals surface area (Å²) in [6, 6.07) is 2.12. The molecule has 2 aliphatic heterocycles. The number of aliphatic hydroxyl groups is 1. The van der Waals surface area contributed by atoms with Crippen LogP contribution in [0.1, 0.15) is 49.8 Å². The van der Waals surface area contributed by atoms with Gasteiger partial charge < -0.3 is 5.11 Å². The minimum Gasteiger partial charge on any atom is -0.389 e. The van der Waals surface area contributed by atoms with Gasteiger partial charge in [-0.25, -0.2) is 4.68 Å². The fourth-order valence-corrected chi connectivity index (χ4v) is 5.41. The van der Waals surface area contributed by atoms with E-state index in [1.165, 1.54) is 0 Å². The molecular weight excluding hydrogens is 322 g/mol. The largest absolute Gasteiger partial charge is 0.389 e. The van der Waals surface area contributed by atoms with Crippen molar-refractivity contribution in [3.05, 3.63) is 27.7 Å². The topological polar surface area (TPSA) is 58.4 Å². The molecule has 1 saturated heterocycles. The van der Waals surface area contributed by atoms with E-state index in [0.717, 1.165) is 80.8 Å². The van der Waals surface area contributed by atoms with Crippen LogP contribution in [-0.4, -0.2) is 50.3 Å². The predicted octanol–water partition coefficient (Wildman–Crippen LogP) is 1.80. The lowest BCUT2D eigenvalue weighted by Gasteiger charge is -2.32. The third-order valence-corrected chi connectivity index (χ3v) is 6.83. The fourth-order valence-electron chi connectivity index (χ4n) is 4.46. The van der Waals surface area contributed by atoms with Gasteiger partial charge in [0, 0.05) is 30.8 Å². The maximum Gasteiger partial charge on any atom is 0.267 e. The van der Waals surface area contributed by atoms with Gasteiger partial charge in [-0.15, -0.1) is 0 Å². The van der Waals surface area contributed by atoms with E-state index in [1.54, 1.807) is 10.7 Å². The quantitative estimate of drug-likeness (QED) is 0.898. The second-order valence-electron chi connectivity index (χ2n) is 7.64. The summed E-state index contributed by atoms with van der Waals surface area (Å²) in [6.45, 7) is 2.45. The highest BCUT2D eigenvalue weighted by molar-refractivity contribution is 7.98. The van der Waals surface area contributed by atoms with E-state index in [0.29, 0.717) is 12.6 Å². The van der Waals surface area contributed by atoms with Crippen LogP contribution in [0.25, 0.3) is 0 Å². The monoisotopic (exact) mass is 349 g/mol. The Morgan fingerprint density at radius 2 is 2.17 bits per heavy atom. The van der Waals surface area contributed by atoms with Gasteiger partial charge >= 0.3 is 0 Å². The number of fused-ring (bicyclic) bond motifs is 1. The zero-order chi connectivity index (χ0) is 16.6. The first-order valence-corrected chi connectivity index (χ1v) is 10.4. The van der Waals surface area contributed by atoms with Gasteiger partial charge in [-0.3, -0.25) is 9.69 Å². The lowest BCUT2D eigenvalue weighted by molar-refractivity contribution is 0.00354. The highest BCUT2D eigenvalue weighted by Crippen LogP contribution is 2.32. The van der Waals surface area contributed by atoms with Gasteiger partial charge in [-0.2, -0.15) is 16.9 Å². The van der Waals surface area contributed by atoms with Crippen molar-refractivity contribution in [3.63, 3.8) is 0 Å². The molecule has 24 heavy (non-hydrogen) atoms. The first-order chi connectivity index (χ1) is 11.6. The third kappa shape index (κ3) is 3.41. The predicted molar refractivity (Wildman–Crippen MR) is 96.4 cm³/mol. The highest BCUT2D eigenvalue weighted by Gasteiger charge is 2.37. The zero-order valence-electron chi connectivity index (χ0n) is 14.2. The second-order valence-corrected chi connectivity index (χ2v) is 8.74. The molecule has 0 bridgehead atoms. The van der Waals surface area contributed by atoms with E-state index in [1.807, 2.05) is 11.8 Å². The average molecular weight is 350 g/mol. The number of rotatable bonds is 4. The van der Waals surface area contributed by atoms with Crippen LogP contribution in [0.2, 0.25) is 0 Å². The fraction of sp³-hybridized carbons (Fsp3) is 0.778. The van der Waals surface area contributed by atoms with Crippen LogP contribution in [0.5, 0.6) is 0 Å². The zero-order valence-corrected chi connectivity index (χ0v) is 15.1. The number of likely N-dealkylation sites (tertiary alicyclic amines) is 1. The number of hydrogen-bond acceptors (Lipinski definition) is 5. The molecule has 4 rings (SSSR count). The molecule has 6 heteroatoms. The molecule has 2 fully saturated rings. The molecule has 1 unspecified atom stereocenters. The van der Waals surface area contributed by atoms with Crippen LogP contribution in [0.3, 0.4) is 0 Å². The van der Waals surface area contributed by atoms with Crippen LogP contribution >= 0.6 is 11.8 Å². The number of aryl methyl sites for hydroxylation is 1. The molecular formula is C18H27N3O2S. The molecule has 1 atom stereocenters. The van der Waals surface area contributed by atoms with Crippen molar-refractivity contribution in [3.8, 4) is 0 Å². The molecule has 0 radical (unpaired) electrons. The molecule has 0 amide bonds. The Kier molecular flexibility index (Phi) is 4.71. The summed E-state index contributed by atoms with van der Waals surface area (Å²) >= 11 is 1.88. The summed E-state index contributed by atoms with van der Waals surface area (Å²) in [5.74, 6) is 2.02. The Hall–Kier alpha value is -0.850. The number of hydrogen-bond donors (Lipinski definition) is 1. The summed E-state index contributed by atoms with van der Waals surface area (Å²) in [5, 5.41) is 15.4. The Balaban J connectivity index is 1.48. The first-order valence-electron chi connectivity index (χ1n) is 9.27. The Bertz CT molecular complexity index is 654. The molecule has 0 spiro atoms. The van der Waals surface area contributed by atoms with E-state index < -0.39 is 5.60 Å². The minimum absolute atomic E-state index is 0.0303. The maximum absolute atomic E-state index is 12.4. The van der Waals surface area contributed by atoms with Crippen molar-refractivity contribution in [2.75, 3.05) is 18.8 Å². The number of aromatic nitrogens is 2. The van der Waals surface area contributed by atoms with Gasteiger partial charge in [-0.1, -0.05) is 12.8 Å². The number of β-amino-alcohol motifs (C(OH)–C–C–N with tert-alkyl or cyclic N) is 1. The number of thioether (sulfide) groups is 1. The van der Waals surface area contributed by atoms with Crippen molar-refractivity contribution in [2.45, 2.75) is 68.9 Å². The molecule has 5 nitrogen and oxygen atoms in total. The van der Waals surface area contributed by atoms with E-state index in [2.05, 4.69) is 10.00 Å². The van der Waals surface area contributed by atoms with Crippen LogP contribution in [0, 0.1) is 0 Å². The molecule has 132 valence electrons. The summed E-state index contributed by atoms with van der Waals surface area (Å²) in [7, 11) is 0. The SMILES string of the molecule is O=c1cc2c(nn1CC1CCCN1CC1(O)CCCC1)CCSC2. The van der Waals surface area contributed by atoms with Gasteiger partial charge in [0.25, 0.3) is 5.56 Å². The maximum atomic E-state index is 12.4. The normalized spacial score (nSPS) is 26.6. The Morgan fingerprint density at radius 3 is 3.00 bits per heavy atom. The van der Waals surface area contributed by atoms with E-state index in [9.17, 15) is 9.90 Å². The summed E-state index contributed by atoms with van der Waals surface area (Å²) in [6.07, 6.45) is 7.33. The van der Waals surface area contributed by atoms with Crippen LogP contribution in [0.4, 0.5) is 0 Å².